The van der Waals surface area contributed by atoms with Crippen LogP contribution in [-0.2, 0) is 14.3 Å². The van der Waals surface area contributed by atoms with Crippen LogP contribution in [0.2, 0.25) is 0 Å². The summed E-state index contributed by atoms with van der Waals surface area (Å²) in [6, 6.07) is 0. The molecule has 1 heterocycles. The first-order valence-corrected chi connectivity index (χ1v) is 7.47. The van der Waals surface area contributed by atoms with Gasteiger partial charge in [0.2, 0.25) is 5.78 Å². The van der Waals surface area contributed by atoms with Gasteiger partial charge in [0.25, 0.3) is 0 Å². The summed E-state index contributed by atoms with van der Waals surface area (Å²) in [5.74, 6) is -1.36. The third kappa shape index (κ3) is 4.44. The van der Waals surface area contributed by atoms with Gasteiger partial charge in [-0.15, -0.1) is 0 Å². The highest BCUT2D eigenvalue weighted by molar-refractivity contribution is 6.09. The average Bonchev–Trinajstić information content (AvgIpc) is 2.77. The third-order valence-electron chi connectivity index (χ3n) is 3.23. The molecule has 0 atom stereocenters. The predicted molar refractivity (Wildman–Crippen MR) is 81.0 cm³/mol. The van der Waals surface area contributed by atoms with Crippen LogP contribution < -0.4 is 0 Å². The van der Waals surface area contributed by atoms with Crippen LogP contribution in [0.5, 0.6) is 0 Å². The molecule has 0 spiro atoms. The smallest absolute Gasteiger partial charge is 0.340 e. The zero-order valence-corrected chi connectivity index (χ0v) is 13.6. The molecule has 0 unspecified atom stereocenters. The molecule has 122 valence electrons. The van der Waals surface area contributed by atoms with Gasteiger partial charge >= 0.3 is 11.9 Å². The summed E-state index contributed by atoms with van der Waals surface area (Å²) in [5, 5.41) is 0. The number of esters is 2. The van der Waals surface area contributed by atoms with Crippen molar-refractivity contribution < 1.29 is 23.9 Å². The Morgan fingerprint density at radius 3 is 2.23 bits per heavy atom. The Hall–Kier alpha value is -2.11. The number of carbonyl (C=O) groups is 3. The summed E-state index contributed by atoms with van der Waals surface area (Å²) in [4.78, 5) is 38.7. The van der Waals surface area contributed by atoms with Crippen LogP contribution in [0.3, 0.4) is 0 Å². The molecule has 1 aromatic rings. The molecule has 0 aromatic carbocycles. The van der Waals surface area contributed by atoms with Crippen molar-refractivity contribution in [3.8, 4) is 0 Å². The third-order valence-corrected chi connectivity index (χ3v) is 3.23. The molecule has 0 amide bonds. The fourth-order valence-corrected chi connectivity index (χ4v) is 2.20. The number of aryl methyl sites for hydroxylation is 2. The molecular formula is C16H23NO5. The van der Waals surface area contributed by atoms with Crippen molar-refractivity contribution >= 4 is 17.7 Å². The minimum atomic E-state index is -0.551. The molecule has 6 nitrogen and oxygen atoms in total. The van der Waals surface area contributed by atoms with Gasteiger partial charge in [-0.1, -0.05) is 13.3 Å². The SMILES string of the molecule is CCCCC(=O)OCC(=O)c1c(C)[nH]c(C)c1C(=O)OCC. The molecule has 0 fully saturated rings. The number of hydrogen-bond donors (Lipinski definition) is 1. The van der Waals surface area contributed by atoms with E-state index in [2.05, 4.69) is 4.98 Å². The Balaban J connectivity index is 2.85. The van der Waals surface area contributed by atoms with E-state index in [1.54, 1.807) is 20.8 Å². The van der Waals surface area contributed by atoms with Gasteiger partial charge in [0.15, 0.2) is 6.61 Å². The van der Waals surface area contributed by atoms with E-state index < -0.39 is 17.7 Å². The Morgan fingerprint density at radius 2 is 1.64 bits per heavy atom. The molecule has 0 aliphatic heterocycles. The molecule has 1 aromatic heterocycles. The van der Waals surface area contributed by atoms with E-state index in [1.807, 2.05) is 6.92 Å². The average molecular weight is 309 g/mol. The second-order valence-corrected chi connectivity index (χ2v) is 5.03. The van der Waals surface area contributed by atoms with Gasteiger partial charge < -0.3 is 14.5 Å². The Morgan fingerprint density at radius 1 is 1.00 bits per heavy atom. The summed E-state index contributed by atoms with van der Waals surface area (Å²) in [7, 11) is 0. The van der Waals surface area contributed by atoms with Crippen LogP contribution in [0.4, 0.5) is 0 Å². The second-order valence-electron chi connectivity index (χ2n) is 5.03. The molecule has 22 heavy (non-hydrogen) atoms. The molecule has 1 N–H and O–H groups in total. The van der Waals surface area contributed by atoms with Crippen molar-refractivity contribution in [1.82, 2.24) is 4.98 Å². The van der Waals surface area contributed by atoms with Crippen LogP contribution in [0.1, 0.15) is 65.2 Å². The van der Waals surface area contributed by atoms with Crippen LogP contribution >= 0.6 is 0 Å². The van der Waals surface area contributed by atoms with Crippen molar-refractivity contribution in [1.29, 1.82) is 0 Å². The van der Waals surface area contributed by atoms with Gasteiger partial charge in [-0.2, -0.15) is 0 Å². The van der Waals surface area contributed by atoms with E-state index in [0.29, 0.717) is 17.8 Å². The number of ketones is 1. The molecule has 0 bridgehead atoms. The van der Waals surface area contributed by atoms with E-state index in [-0.39, 0.29) is 24.3 Å². The molecule has 1 rings (SSSR count). The van der Waals surface area contributed by atoms with Gasteiger partial charge in [0, 0.05) is 17.8 Å². The molecule has 0 radical (unpaired) electrons. The largest absolute Gasteiger partial charge is 0.462 e. The number of aromatic nitrogens is 1. The number of aromatic amines is 1. The van der Waals surface area contributed by atoms with Crippen LogP contribution in [0.25, 0.3) is 0 Å². The number of H-pyrrole nitrogens is 1. The second kappa shape index (κ2) is 8.36. The summed E-state index contributed by atoms with van der Waals surface area (Å²) in [6.07, 6.45) is 1.90. The number of ether oxygens (including phenoxy) is 2. The van der Waals surface area contributed by atoms with Gasteiger partial charge in [-0.25, -0.2) is 4.79 Å². The predicted octanol–water partition coefficient (Wildman–Crippen LogP) is 2.72. The van der Waals surface area contributed by atoms with E-state index in [4.69, 9.17) is 9.47 Å². The monoisotopic (exact) mass is 309 g/mol. The van der Waals surface area contributed by atoms with Gasteiger partial charge in [-0.05, 0) is 27.2 Å². The first-order chi connectivity index (χ1) is 10.4. The number of rotatable bonds is 8. The van der Waals surface area contributed by atoms with Crippen LogP contribution in [0, 0.1) is 13.8 Å². The van der Waals surface area contributed by atoms with E-state index in [1.165, 1.54) is 0 Å². The first-order valence-electron chi connectivity index (χ1n) is 7.47. The van der Waals surface area contributed by atoms with Gasteiger partial charge in [0.1, 0.15) is 0 Å². The minimum Gasteiger partial charge on any atom is -0.462 e. The summed E-state index contributed by atoms with van der Waals surface area (Å²) >= 11 is 0. The maximum absolute atomic E-state index is 12.3. The zero-order chi connectivity index (χ0) is 16.7. The lowest BCUT2D eigenvalue weighted by Crippen LogP contribution is -2.18. The summed E-state index contributed by atoms with van der Waals surface area (Å²) < 4.78 is 9.94. The van der Waals surface area contributed by atoms with Crippen molar-refractivity contribution in [2.24, 2.45) is 0 Å². The van der Waals surface area contributed by atoms with Crippen molar-refractivity contribution in [2.75, 3.05) is 13.2 Å². The molecule has 0 saturated heterocycles. The normalized spacial score (nSPS) is 10.4. The minimum absolute atomic E-state index is 0.217. The lowest BCUT2D eigenvalue weighted by molar-refractivity contribution is -0.142. The highest BCUT2D eigenvalue weighted by atomic mass is 16.5. The van der Waals surface area contributed by atoms with Gasteiger partial charge in [-0.3, -0.25) is 9.59 Å². The zero-order valence-electron chi connectivity index (χ0n) is 13.6. The first kappa shape index (κ1) is 17.9. The van der Waals surface area contributed by atoms with E-state index >= 15 is 0 Å². The fourth-order valence-electron chi connectivity index (χ4n) is 2.20. The maximum Gasteiger partial charge on any atom is 0.340 e. The molecule has 6 heteroatoms. The quantitative estimate of drug-likeness (QED) is 0.589. The Bertz CT molecular complexity index is 559. The standard InChI is InChI=1S/C16H23NO5/c1-5-7-8-13(19)22-9-12(18)14-10(3)17-11(4)15(14)16(20)21-6-2/h17H,5-9H2,1-4H3. The maximum atomic E-state index is 12.3. The highest BCUT2D eigenvalue weighted by Gasteiger charge is 2.25. The number of unbranched alkanes of at least 4 members (excludes halogenated alkanes) is 1. The number of Topliss-reactive ketones (excluding diaryl/α,β-unsaturated/α-hetero) is 1. The number of carbonyl (C=O) groups excluding carboxylic acids is 3. The Labute approximate surface area is 130 Å². The van der Waals surface area contributed by atoms with Gasteiger partial charge in [0.05, 0.1) is 17.7 Å². The van der Waals surface area contributed by atoms with Crippen LogP contribution in [-0.4, -0.2) is 35.9 Å². The van der Waals surface area contributed by atoms with Crippen LogP contribution in [0.15, 0.2) is 0 Å². The van der Waals surface area contributed by atoms with Crippen molar-refractivity contribution in [2.45, 2.75) is 47.0 Å². The molecule has 0 saturated carbocycles. The molecule has 0 aliphatic rings. The van der Waals surface area contributed by atoms with E-state index in [9.17, 15) is 14.4 Å². The molecule has 0 aliphatic carbocycles. The summed E-state index contributed by atoms with van der Waals surface area (Å²) in [5.41, 5.74) is 1.58. The van der Waals surface area contributed by atoms with E-state index in [0.717, 1.165) is 12.8 Å². The summed E-state index contributed by atoms with van der Waals surface area (Å²) in [6.45, 7) is 6.92. The molecular weight excluding hydrogens is 286 g/mol. The fraction of sp³-hybridized carbons (Fsp3) is 0.562. The topological polar surface area (TPSA) is 85.5 Å². The number of hydrogen-bond acceptors (Lipinski definition) is 5. The highest BCUT2D eigenvalue weighted by Crippen LogP contribution is 2.20. The lowest BCUT2D eigenvalue weighted by atomic mass is 10.1. The van der Waals surface area contributed by atoms with Crippen molar-refractivity contribution in [3.05, 3.63) is 22.5 Å². The Kier molecular flexibility index (Phi) is 6.82. The lowest BCUT2D eigenvalue weighted by Gasteiger charge is -2.07. The number of nitrogens with one attached hydrogen (secondary N) is 1. The van der Waals surface area contributed by atoms with Crippen molar-refractivity contribution in [3.63, 3.8) is 0 Å².